The summed E-state index contributed by atoms with van der Waals surface area (Å²) >= 11 is 0. The van der Waals surface area contributed by atoms with Crippen molar-refractivity contribution in [3.8, 4) is 45.8 Å². The summed E-state index contributed by atoms with van der Waals surface area (Å²) in [4.78, 5) is 9.74. The molecule has 0 aliphatic rings. The Morgan fingerprint density at radius 2 is 1.22 bits per heavy atom. The Labute approximate surface area is 240 Å². The molecule has 41 heavy (non-hydrogen) atoms. The minimum absolute atomic E-state index is 0.286. The number of benzene rings is 2. The van der Waals surface area contributed by atoms with Crippen LogP contribution in [-0.4, -0.2) is 67.8 Å². The van der Waals surface area contributed by atoms with Gasteiger partial charge in [0.05, 0.1) is 54.0 Å². The largest absolute Gasteiger partial charge is 0.493 e. The van der Waals surface area contributed by atoms with Crippen LogP contribution in [0.2, 0.25) is 0 Å². The molecule has 11 nitrogen and oxygen atoms in total. The molecule has 11 heteroatoms. The molecule has 0 unspecified atom stereocenters. The average Bonchev–Trinajstić information content (AvgIpc) is 3.29. The molecule has 2 aromatic carbocycles. The number of aromatic nitrogens is 4. The van der Waals surface area contributed by atoms with Gasteiger partial charge in [-0.2, -0.15) is 9.61 Å². The molecule has 0 radical (unpaired) electrons. The Hall–Kier alpha value is -4.67. The van der Waals surface area contributed by atoms with Crippen molar-refractivity contribution in [2.24, 2.45) is 0 Å². The van der Waals surface area contributed by atoms with Gasteiger partial charge in [-0.15, -0.1) is 0 Å². The smallest absolute Gasteiger partial charge is 0.253 e. The lowest BCUT2D eigenvalue weighted by Crippen LogP contribution is -2.27. The molecule has 218 valence electrons. The molecule has 2 heterocycles. The van der Waals surface area contributed by atoms with Crippen LogP contribution in [0.3, 0.4) is 0 Å². The van der Waals surface area contributed by atoms with E-state index in [0.29, 0.717) is 63.2 Å². The van der Waals surface area contributed by atoms with Crippen molar-refractivity contribution in [3.05, 3.63) is 41.2 Å². The molecule has 4 rings (SSSR count). The third kappa shape index (κ3) is 5.93. The van der Waals surface area contributed by atoms with Crippen LogP contribution in [0, 0.1) is 6.92 Å². The predicted octanol–water partition coefficient (Wildman–Crippen LogP) is 5.53. The first-order valence-electron chi connectivity index (χ1n) is 12.9. The normalized spacial score (nSPS) is 11.6. The Bertz CT molecular complexity index is 1540. The van der Waals surface area contributed by atoms with E-state index in [9.17, 15) is 0 Å². The van der Waals surface area contributed by atoms with Gasteiger partial charge in [-0.25, -0.2) is 9.97 Å². The molecular weight excluding hydrogens is 526 g/mol. The summed E-state index contributed by atoms with van der Waals surface area (Å²) in [6, 6.07) is 7.44. The molecule has 0 atom stereocenters. The molecular formula is C30H37N5O6. The lowest BCUT2D eigenvalue weighted by molar-refractivity contribution is 0.324. The maximum atomic E-state index is 5.59. The van der Waals surface area contributed by atoms with E-state index in [1.165, 1.54) is 0 Å². The van der Waals surface area contributed by atoms with E-state index in [4.69, 9.17) is 43.5 Å². The fraction of sp³-hybridized carbons (Fsp3) is 0.367. The number of methoxy groups -OCH3 is 6. The average molecular weight is 564 g/mol. The first kappa shape index (κ1) is 29.3. The van der Waals surface area contributed by atoms with Crippen LogP contribution in [-0.2, 0) is 0 Å². The fourth-order valence-corrected chi connectivity index (χ4v) is 4.37. The minimum atomic E-state index is -0.286. The Morgan fingerprint density at radius 1 is 0.707 bits per heavy atom. The second kappa shape index (κ2) is 11.8. The third-order valence-corrected chi connectivity index (χ3v) is 6.23. The number of aryl methyl sites for hydroxylation is 1. The lowest BCUT2D eigenvalue weighted by atomic mass is 10.1. The molecule has 0 aliphatic carbocycles. The molecule has 0 spiro atoms. The van der Waals surface area contributed by atoms with E-state index in [1.54, 1.807) is 47.2 Å². The van der Waals surface area contributed by atoms with E-state index in [0.717, 1.165) is 11.1 Å². The number of fused-ring (bicyclic) bond motifs is 1. The van der Waals surface area contributed by atoms with Gasteiger partial charge in [0.2, 0.25) is 11.5 Å². The van der Waals surface area contributed by atoms with Crippen LogP contribution in [0.15, 0.2) is 24.3 Å². The van der Waals surface area contributed by atoms with Crippen molar-refractivity contribution in [2.75, 3.05) is 48.0 Å². The second-order valence-corrected chi connectivity index (χ2v) is 10.2. The van der Waals surface area contributed by atoms with Gasteiger partial charge < -0.3 is 33.7 Å². The summed E-state index contributed by atoms with van der Waals surface area (Å²) in [5, 5.41) is 8.40. The van der Waals surface area contributed by atoms with E-state index in [-0.39, 0.29) is 5.54 Å². The van der Waals surface area contributed by atoms with Crippen LogP contribution in [0.1, 0.15) is 37.7 Å². The molecule has 2 aromatic heterocycles. The van der Waals surface area contributed by atoms with Crippen molar-refractivity contribution in [1.82, 2.24) is 19.6 Å². The highest BCUT2D eigenvalue weighted by Crippen LogP contribution is 2.43. The predicted molar refractivity (Wildman–Crippen MR) is 159 cm³/mol. The summed E-state index contributed by atoms with van der Waals surface area (Å²) in [5.74, 6) is 4.31. The van der Waals surface area contributed by atoms with Gasteiger partial charge in [-0.3, -0.25) is 0 Å². The minimum Gasteiger partial charge on any atom is -0.493 e. The van der Waals surface area contributed by atoms with Crippen molar-refractivity contribution >= 4 is 23.7 Å². The Morgan fingerprint density at radius 3 is 1.68 bits per heavy atom. The van der Waals surface area contributed by atoms with Crippen LogP contribution >= 0.6 is 0 Å². The fourth-order valence-electron chi connectivity index (χ4n) is 4.37. The third-order valence-electron chi connectivity index (χ3n) is 6.23. The molecule has 0 fully saturated rings. The second-order valence-electron chi connectivity index (χ2n) is 10.2. The molecule has 1 N–H and O–H groups in total. The Kier molecular flexibility index (Phi) is 8.46. The van der Waals surface area contributed by atoms with Crippen LogP contribution in [0.5, 0.6) is 34.5 Å². The molecule has 0 saturated carbocycles. The van der Waals surface area contributed by atoms with Crippen LogP contribution < -0.4 is 33.7 Å². The number of ether oxygens (including phenoxy) is 6. The van der Waals surface area contributed by atoms with Gasteiger partial charge in [0.15, 0.2) is 28.8 Å². The number of imidazole rings is 1. The highest BCUT2D eigenvalue weighted by atomic mass is 16.5. The monoisotopic (exact) mass is 563 g/mol. The molecule has 0 saturated heterocycles. The van der Waals surface area contributed by atoms with E-state index < -0.39 is 0 Å². The first-order valence-corrected chi connectivity index (χ1v) is 12.9. The summed E-state index contributed by atoms with van der Waals surface area (Å²) in [6.07, 6.45) is 3.79. The Balaban J connectivity index is 1.86. The number of anilines is 1. The van der Waals surface area contributed by atoms with Gasteiger partial charge in [0, 0.05) is 11.1 Å². The lowest BCUT2D eigenvalue weighted by Gasteiger charge is -2.22. The zero-order valence-corrected chi connectivity index (χ0v) is 25.2. The number of hydrogen-bond donors (Lipinski definition) is 1. The highest BCUT2D eigenvalue weighted by Gasteiger charge is 2.24. The van der Waals surface area contributed by atoms with Crippen molar-refractivity contribution < 1.29 is 28.4 Å². The highest BCUT2D eigenvalue weighted by molar-refractivity contribution is 5.80. The van der Waals surface area contributed by atoms with Crippen LogP contribution in [0.25, 0.3) is 29.2 Å². The molecule has 0 amide bonds. The number of nitrogens with zero attached hydrogens (tertiary/aromatic N) is 4. The zero-order valence-electron chi connectivity index (χ0n) is 25.2. The summed E-state index contributed by atoms with van der Waals surface area (Å²) in [5.41, 5.74) is 3.33. The van der Waals surface area contributed by atoms with Gasteiger partial charge in [0.1, 0.15) is 5.69 Å². The summed E-state index contributed by atoms with van der Waals surface area (Å²) in [7, 11) is 9.48. The molecule has 0 bridgehead atoms. The zero-order chi connectivity index (χ0) is 29.9. The standard InChI is InChI=1S/C30H37N5O6/c1-17-20(12-11-18-13-21(36-5)26(40-9)22(14-18)37-6)31-29-32-25(28(35(29)34-17)33-30(2,3)4)19-15-23(38-7)27(41-10)24(16-19)39-8/h11-16,33H,1-10H3/b12-11+. The van der Waals surface area contributed by atoms with E-state index in [2.05, 4.69) is 26.1 Å². The SMILES string of the molecule is COc1cc(/C=C/c2nc3nc(-c4cc(OC)c(OC)c(OC)c4)c(NC(C)(C)C)n3nc2C)cc(OC)c1OC. The van der Waals surface area contributed by atoms with Crippen molar-refractivity contribution in [2.45, 2.75) is 33.2 Å². The number of hydrogen-bond acceptors (Lipinski definition) is 10. The van der Waals surface area contributed by atoms with Gasteiger partial charge in [-0.05, 0) is 63.6 Å². The van der Waals surface area contributed by atoms with Gasteiger partial charge in [-0.1, -0.05) is 6.08 Å². The van der Waals surface area contributed by atoms with Crippen molar-refractivity contribution in [3.63, 3.8) is 0 Å². The maximum absolute atomic E-state index is 5.59. The van der Waals surface area contributed by atoms with Gasteiger partial charge in [0.25, 0.3) is 5.78 Å². The van der Waals surface area contributed by atoms with Gasteiger partial charge >= 0.3 is 0 Å². The maximum Gasteiger partial charge on any atom is 0.253 e. The molecule has 0 aliphatic heterocycles. The summed E-state index contributed by atoms with van der Waals surface area (Å²) < 4.78 is 34.8. The summed E-state index contributed by atoms with van der Waals surface area (Å²) in [6.45, 7) is 8.11. The first-order chi connectivity index (χ1) is 19.6. The topological polar surface area (TPSA) is 110 Å². The number of rotatable bonds is 10. The quantitative estimate of drug-likeness (QED) is 0.264. The van der Waals surface area contributed by atoms with E-state index >= 15 is 0 Å². The number of nitrogens with one attached hydrogen (secondary N) is 1. The van der Waals surface area contributed by atoms with E-state index in [1.807, 2.05) is 43.3 Å². The van der Waals surface area contributed by atoms with Crippen molar-refractivity contribution in [1.29, 1.82) is 0 Å². The van der Waals surface area contributed by atoms with Crippen LogP contribution in [0.4, 0.5) is 5.82 Å². The molecule has 4 aromatic rings.